The van der Waals surface area contributed by atoms with Gasteiger partial charge in [-0.1, -0.05) is 29.1 Å². The van der Waals surface area contributed by atoms with Crippen molar-refractivity contribution in [2.24, 2.45) is 5.16 Å². The number of thioether (sulfide) groups is 2. The SMILES string of the molecule is CO/N=C(/C(=O)NC1C(=O)N2C(C(=O)O)=C(/C=C/CSc3ncnc(N)c3N)CS[C@H]12)c1csc(N)n1. The predicted molar refractivity (Wildman–Crippen MR) is 140 cm³/mol. The van der Waals surface area contributed by atoms with Gasteiger partial charge >= 0.3 is 5.97 Å². The van der Waals surface area contributed by atoms with Gasteiger partial charge in [-0.15, -0.1) is 23.1 Å². The van der Waals surface area contributed by atoms with Crippen molar-refractivity contribution in [2.75, 3.05) is 35.8 Å². The first-order valence-corrected chi connectivity index (χ1v) is 13.3. The van der Waals surface area contributed by atoms with E-state index in [9.17, 15) is 19.5 Å². The smallest absolute Gasteiger partial charge is 0.352 e. The number of nitrogens with one attached hydrogen (secondary N) is 1. The van der Waals surface area contributed by atoms with Crippen LogP contribution in [0.15, 0.2) is 45.3 Å². The number of carbonyl (C=O) groups excluding carboxylic acids is 2. The van der Waals surface area contributed by atoms with Gasteiger partial charge in [0.15, 0.2) is 16.7 Å². The minimum absolute atomic E-state index is 0.135. The largest absolute Gasteiger partial charge is 0.477 e. The molecule has 1 unspecified atom stereocenters. The number of oxime groups is 1. The van der Waals surface area contributed by atoms with Gasteiger partial charge in [-0.05, 0) is 5.57 Å². The molecule has 37 heavy (non-hydrogen) atoms. The van der Waals surface area contributed by atoms with Crippen molar-refractivity contribution in [3.05, 3.63) is 40.8 Å². The quantitative estimate of drug-likeness (QED) is 0.0899. The number of carboxylic acid groups (broad SMARTS) is 1. The van der Waals surface area contributed by atoms with Crippen molar-refractivity contribution in [1.29, 1.82) is 0 Å². The lowest BCUT2D eigenvalue weighted by Gasteiger charge is -2.49. The first kappa shape index (κ1) is 26.2. The van der Waals surface area contributed by atoms with Gasteiger partial charge in [0.2, 0.25) is 0 Å². The van der Waals surface area contributed by atoms with Crippen molar-refractivity contribution in [1.82, 2.24) is 25.2 Å². The summed E-state index contributed by atoms with van der Waals surface area (Å²) >= 11 is 3.76. The molecule has 0 aliphatic carbocycles. The third kappa shape index (κ3) is 5.32. The highest BCUT2D eigenvalue weighted by atomic mass is 32.2. The standard InChI is InChI=1S/C20H21N9O5S3/c1-34-28-11(9-6-37-20(23)26-9)15(30)27-12-17(31)29-13(19(32)33)8(5-36-18(12)29)3-2-4-35-16-10(21)14(22)24-7-25-16/h2-3,6-7,12,18H,4-5,21H2,1H3,(H2,23,26)(H,27,30)(H,32,33)(H2,22,24,25)/b3-2+,28-11+/t12?,18-/m1/s1. The fraction of sp³-hybridized carbons (Fsp3) is 0.250. The molecule has 2 atom stereocenters. The molecule has 0 spiro atoms. The maximum absolute atomic E-state index is 12.9. The zero-order valence-corrected chi connectivity index (χ0v) is 21.6. The van der Waals surface area contributed by atoms with Gasteiger partial charge < -0.3 is 32.5 Å². The second-order valence-corrected chi connectivity index (χ2v) is 10.4. The van der Waals surface area contributed by atoms with E-state index < -0.39 is 29.2 Å². The summed E-state index contributed by atoms with van der Waals surface area (Å²) in [7, 11) is 1.27. The molecule has 0 aromatic carbocycles. The Morgan fingerprint density at radius 2 is 2.16 bits per heavy atom. The van der Waals surface area contributed by atoms with Gasteiger partial charge in [0, 0.05) is 16.9 Å². The third-order valence-corrected chi connectivity index (χ3v) is 8.10. The number of rotatable bonds is 9. The zero-order chi connectivity index (χ0) is 26.7. The van der Waals surface area contributed by atoms with Crippen LogP contribution in [0.4, 0.5) is 16.6 Å². The number of aliphatic carboxylic acids is 1. The van der Waals surface area contributed by atoms with Gasteiger partial charge in [0.05, 0.1) is 0 Å². The molecule has 2 amide bonds. The summed E-state index contributed by atoms with van der Waals surface area (Å²) in [6.45, 7) is 0. The summed E-state index contributed by atoms with van der Waals surface area (Å²) in [5, 5.41) is 17.8. The minimum atomic E-state index is -1.25. The average Bonchev–Trinajstić information content (AvgIpc) is 3.30. The number of nitrogens with zero attached hydrogens (tertiary/aromatic N) is 5. The number of hydrogen-bond donors (Lipinski definition) is 5. The molecule has 2 aromatic heterocycles. The number of allylic oxidation sites excluding steroid dienone is 1. The molecule has 0 saturated carbocycles. The van der Waals surface area contributed by atoms with Crippen LogP contribution in [0.3, 0.4) is 0 Å². The van der Waals surface area contributed by atoms with Crippen molar-refractivity contribution in [2.45, 2.75) is 16.4 Å². The molecule has 194 valence electrons. The number of amides is 2. The molecule has 0 radical (unpaired) electrons. The Labute approximate surface area is 222 Å². The van der Waals surface area contributed by atoms with Crippen LogP contribution in [-0.2, 0) is 19.2 Å². The van der Waals surface area contributed by atoms with Crippen LogP contribution in [0, 0.1) is 0 Å². The molecule has 1 saturated heterocycles. The van der Waals surface area contributed by atoms with Crippen molar-refractivity contribution < 1.29 is 24.3 Å². The number of nitrogens with two attached hydrogens (primary N) is 3. The van der Waals surface area contributed by atoms with E-state index in [4.69, 9.17) is 22.0 Å². The maximum Gasteiger partial charge on any atom is 0.352 e. The molecule has 4 rings (SSSR count). The predicted octanol–water partition coefficient (Wildman–Crippen LogP) is 0.117. The van der Waals surface area contributed by atoms with E-state index in [-0.39, 0.29) is 33.7 Å². The molecule has 0 bridgehead atoms. The molecule has 8 N–H and O–H groups in total. The van der Waals surface area contributed by atoms with Crippen LogP contribution in [0.25, 0.3) is 0 Å². The van der Waals surface area contributed by atoms with Crippen molar-refractivity contribution >= 4 is 75.0 Å². The molecule has 14 nitrogen and oxygen atoms in total. The molecule has 2 aliphatic rings. The lowest BCUT2D eigenvalue weighted by Crippen LogP contribution is -2.71. The molecule has 1 fully saturated rings. The zero-order valence-electron chi connectivity index (χ0n) is 19.2. The Kier molecular flexibility index (Phi) is 7.84. The Balaban J connectivity index is 1.45. The summed E-state index contributed by atoms with van der Waals surface area (Å²) in [4.78, 5) is 55.6. The Morgan fingerprint density at radius 1 is 1.38 bits per heavy atom. The summed E-state index contributed by atoms with van der Waals surface area (Å²) < 4.78 is 0. The number of carbonyl (C=O) groups is 3. The Bertz CT molecular complexity index is 1340. The normalized spacial score (nSPS) is 19.5. The monoisotopic (exact) mass is 563 g/mol. The number of fused-ring (bicyclic) bond motifs is 1. The maximum atomic E-state index is 12.9. The number of hydrogen-bond acceptors (Lipinski definition) is 14. The number of aromatic nitrogens is 3. The van der Waals surface area contributed by atoms with Crippen LogP contribution < -0.4 is 22.5 Å². The van der Waals surface area contributed by atoms with E-state index >= 15 is 0 Å². The molecule has 2 aliphatic heterocycles. The van der Waals surface area contributed by atoms with Gasteiger partial charge in [-0.25, -0.2) is 19.7 Å². The van der Waals surface area contributed by atoms with E-state index in [0.717, 1.165) is 11.3 Å². The van der Waals surface area contributed by atoms with Gasteiger partial charge in [0.1, 0.15) is 47.0 Å². The molecule has 4 heterocycles. The number of thiazole rings is 1. The summed E-state index contributed by atoms with van der Waals surface area (Å²) in [6.07, 6.45) is 4.70. The molecule has 17 heteroatoms. The first-order valence-electron chi connectivity index (χ1n) is 10.4. The van der Waals surface area contributed by atoms with Crippen LogP contribution in [0.5, 0.6) is 0 Å². The second-order valence-electron chi connectivity index (χ2n) is 7.42. The van der Waals surface area contributed by atoms with Crippen molar-refractivity contribution in [3.63, 3.8) is 0 Å². The third-order valence-electron chi connectivity index (χ3n) is 5.16. The summed E-state index contributed by atoms with van der Waals surface area (Å²) in [6, 6.07) is -0.947. The van der Waals surface area contributed by atoms with Gasteiger partial charge in [-0.3, -0.25) is 14.5 Å². The van der Waals surface area contributed by atoms with Crippen molar-refractivity contribution in [3.8, 4) is 0 Å². The molecular weight excluding hydrogens is 542 g/mol. The summed E-state index contributed by atoms with van der Waals surface area (Å²) in [5.41, 5.74) is 17.8. The van der Waals surface area contributed by atoms with E-state index in [2.05, 4.69) is 25.4 Å². The Hall–Kier alpha value is -3.83. The highest BCUT2D eigenvalue weighted by Crippen LogP contribution is 2.40. The lowest BCUT2D eigenvalue weighted by molar-refractivity contribution is -0.150. The van der Waals surface area contributed by atoms with Gasteiger partial charge in [-0.2, -0.15) is 0 Å². The second kappa shape index (κ2) is 11.1. The first-order chi connectivity index (χ1) is 17.7. The number of nitrogen functional groups attached to an aromatic ring is 3. The topological polar surface area (TPSA) is 225 Å². The lowest BCUT2D eigenvalue weighted by atomic mass is 10.0. The fourth-order valence-corrected chi connectivity index (χ4v) is 6.10. The van der Waals surface area contributed by atoms with E-state index in [0.29, 0.717) is 22.1 Å². The van der Waals surface area contributed by atoms with Crippen LogP contribution in [-0.4, -0.2) is 78.5 Å². The average molecular weight is 564 g/mol. The van der Waals surface area contributed by atoms with Crippen LogP contribution in [0.2, 0.25) is 0 Å². The van der Waals surface area contributed by atoms with E-state index in [1.807, 2.05) is 0 Å². The fourth-order valence-electron chi connectivity index (χ4n) is 3.50. The molecular formula is C20H21N9O5S3. The van der Waals surface area contributed by atoms with E-state index in [1.54, 1.807) is 12.2 Å². The van der Waals surface area contributed by atoms with Crippen LogP contribution in [0.1, 0.15) is 5.69 Å². The Morgan fingerprint density at radius 3 is 2.84 bits per heavy atom. The van der Waals surface area contributed by atoms with Crippen LogP contribution >= 0.6 is 34.9 Å². The minimum Gasteiger partial charge on any atom is -0.477 e. The molecule has 2 aromatic rings. The number of anilines is 3. The number of β-lactam (4-membered cyclic amide) rings is 1. The highest BCUT2D eigenvalue weighted by Gasteiger charge is 2.54. The highest BCUT2D eigenvalue weighted by molar-refractivity contribution is 8.00. The van der Waals surface area contributed by atoms with E-state index in [1.165, 1.54) is 47.2 Å². The van der Waals surface area contributed by atoms with Gasteiger partial charge in [0.25, 0.3) is 11.8 Å². The number of carboxylic acids is 1. The summed E-state index contributed by atoms with van der Waals surface area (Å²) in [5.74, 6) is -1.57.